The Morgan fingerprint density at radius 2 is 1.64 bits per heavy atom. The van der Waals surface area contributed by atoms with Crippen LogP contribution in [0.25, 0.3) is 0 Å². The molecule has 0 bridgehead atoms. The van der Waals surface area contributed by atoms with Crippen LogP contribution in [0.1, 0.15) is 16.8 Å². The Morgan fingerprint density at radius 3 is 2.36 bits per heavy atom. The number of piperazine rings is 1. The molecule has 2 aromatic rings. The van der Waals surface area contributed by atoms with Crippen molar-refractivity contribution >= 4 is 34.2 Å². The molecule has 1 aliphatic rings. The van der Waals surface area contributed by atoms with Gasteiger partial charge in [0.1, 0.15) is 0 Å². The molecular weight excluding hydrogens is 425 g/mol. The van der Waals surface area contributed by atoms with E-state index in [0.29, 0.717) is 0 Å². The summed E-state index contributed by atoms with van der Waals surface area (Å²) in [6.45, 7) is 6.06. The molecule has 0 radical (unpaired) electrons. The van der Waals surface area contributed by atoms with Gasteiger partial charge >= 0.3 is 0 Å². The molecule has 0 aliphatic carbocycles. The molecular formula is C20H24IN3O. The second-order valence-corrected chi connectivity index (χ2v) is 7.42. The number of hydrogen-bond acceptors (Lipinski definition) is 3. The van der Waals surface area contributed by atoms with E-state index in [4.69, 9.17) is 0 Å². The number of rotatable bonds is 6. The van der Waals surface area contributed by atoms with Crippen LogP contribution in [0.4, 0.5) is 5.69 Å². The first-order valence-corrected chi connectivity index (χ1v) is 9.87. The van der Waals surface area contributed by atoms with Crippen molar-refractivity contribution in [3.8, 4) is 0 Å². The van der Waals surface area contributed by atoms with Gasteiger partial charge in [-0.05, 0) is 59.8 Å². The molecule has 132 valence electrons. The number of hydrogen-bond donors (Lipinski definition) is 1. The lowest BCUT2D eigenvalue weighted by Crippen LogP contribution is -2.47. The largest absolute Gasteiger partial charge is 0.369 e. The summed E-state index contributed by atoms with van der Waals surface area (Å²) in [7, 11) is 0. The van der Waals surface area contributed by atoms with Gasteiger partial charge in [0, 0.05) is 42.0 Å². The number of nitrogens with one attached hydrogen (secondary N) is 1. The van der Waals surface area contributed by atoms with Crippen LogP contribution in [0.3, 0.4) is 0 Å². The molecule has 0 spiro atoms. The molecule has 2 aromatic carbocycles. The van der Waals surface area contributed by atoms with Crippen LogP contribution < -0.4 is 10.2 Å². The van der Waals surface area contributed by atoms with Crippen LogP contribution in [-0.2, 0) is 0 Å². The minimum absolute atomic E-state index is 0.0268. The van der Waals surface area contributed by atoms with Gasteiger partial charge in [-0.2, -0.15) is 0 Å². The number of carbonyl (C=O) groups is 1. The first kappa shape index (κ1) is 18.2. The van der Waals surface area contributed by atoms with Gasteiger partial charge < -0.3 is 10.2 Å². The van der Waals surface area contributed by atoms with Crippen LogP contribution >= 0.6 is 22.6 Å². The molecule has 1 N–H and O–H groups in total. The Kier molecular flexibility index (Phi) is 6.69. The molecule has 5 heteroatoms. The Hall–Kier alpha value is -1.60. The number of carbonyl (C=O) groups excluding carboxylic acids is 1. The fraction of sp³-hybridized carbons (Fsp3) is 0.350. The number of benzene rings is 2. The Labute approximate surface area is 163 Å². The standard InChI is InChI=1S/C20H24IN3O/c21-19-10-5-4-9-18(19)20(25)22-11-6-12-23-13-15-24(16-14-23)17-7-2-1-3-8-17/h1-5,7-10H,6,11-16H2,(H,22,25). The highest BCUT2D eigenvalue weighted by Crippen LogP contribution is 2.15. The highest BCUT2D eigenvalue weighted by molar-refractivity contribution is 14.1. The van der Waals surface area contributed by atoms with E-state index in [1.165, 1.54) is 5.69 Å². The predicted octanol–water partition coefficient (Wildman–Crippen LogP) is 3.23. The number of amides is 1. The van der Waals surface area contributed by atoms with Crippen molar-refractivity contribution in [1.82, 2.24) is 10.2 Å². The molecule has 0 unspecified atom stereocenters. The van der Waals surface area contributed by atoms with Gasteiger partial charge in [0.15, 0.2) is 0 Å². The fourth-order valence-electron chi connectivity index (χ4n) is 3.11. The summed E-state index contributed by atoms with van der Waals surface area (Å²) in [5.41, 5.74) is 2.08. The van der Waals surface area contributed by atoms with E-state index >= 15 is 0 Å². The van der Waals surface area contributed by atoms with E-state index in [-0.39, 0.29) is 5.91 Å². The van der Waals surface area contributed by atoms with Gasteiger partial charge in [-0.3, -0.25) is 9.69 Å². The average molecular weight is 449 g/mol. The van der Waals surface area contributed by atoms with Gasteiger partial charge in [-0.1, -0.05) is 30.3 Å². The average Bonchev–Trinajstić information content (AvgIpc) is 2.66. The van der Waals surface area contributed by atoms with E-state index in [0.717, 1.165) is 54.8 Å². The van der Waals surface area contributed by atoms with Gasteiger partial charge in [-0.25, -0.2) is 0 Å². The van der Waals surface area contributed by atoms with E-state index in [9.17, 15) is 4.79 Å². The second-order valence-electron chi connectivity index (χ2n) is 6.25. The third-order valence-corrected chi connectivity index (χ3v) is 5.49. The SMILES string of the molecule is O=C(NCCCN1CCN(c2ccccc2)CC1)c1ccccc1I. The highest BCUT2D eigenvalue weighted by Gasteiger charge is 2.16. The normalized spacial score (nSPS) is 15.2. The van der Waals surface area contributed by atoms with E-state index in [2.05, 4.69) is 68.0 Å². The Morgan fingerprint density at radius 1 is 0.960 bits per heavy atom. The minimum atomic E-state index is 0.0268. The lowest BCUT2D eigenvalue weighted by atomic mass is 10.2. The van der Waals surface area contributed by atoms with Crippen molar-refractivity contribution in [2.45, 2.75) is 6.42 Å². The van der Waals surface area contributed by atoms with Gasteiger partial charge in [0.05, 0.1) is 5.56 Å². The lowest BCUT2D eigenvalue weighted by Gasteiger charge is -2.36. The third-order valence-electron chi connectivity index (χ3n) is 4.55. The van der Waals surface area contributed by atoms with Crippen molar-refractivity contribution < 1.29 is 4.79 Å². The first-order valence-electron chi connectivity index (χ1n) is 8.79. The minimum Gasteiger partial charge on any atom is -0.369 e. The maximum Gasteiger partial charge on any atom is 0.252 e. The molecule has 4 nitrogen and oxygen atoms in total. The lowest BCUT2D eigenvalue weighted by molar-refractivity contribution is 0.0950. The molecule has 1 heterocycles. The summed E-state index contributed by atoms with van der Waals surface area (Å²) >= 11 is 2.20. The topological polar surface area (TPSA) is 35.6 Å². The van der Waals surface area contributed by atoms with Crippen LogP contribution in [0.5, 0.6) is 0 Å². The predicted molar refractivity (Wildman–Crippen MR) is 111 cm³/mol. The Balaban J connectivity index is 1.35. The summed E-state index contributed by atoms with van der Waals surface area (Å²) in [4.78, 5) is 17.1. The number of nitrogens with zero attached hydrogens (tertiary/aromatic N) is 2. The highest BCUT2D eigenvalue weighted by atomic mass is 127. The smallest absolute Gasteiger partial charge is 0.252 e. The van der Waals surface area contributed by atoms with Crippen molar-refractivity contribution in [2.24, 2.45) is 0 Å². The van der Waals surface area contributed by atoms with E-state index in [1.54, 1.807) is 0 Å². The monoisotopic (exact) mass is 449 g/mol. The van der Waals surface area contributed by atoms with Crippen molar-refractivity contribution in [3.63, 3.8) is 0 Å². The number of anilines is 1. The summed E-state index contributed by atoms with van der Waals surface area (Å²) in [5.74, 6) is 0.0268. The summed E-state index contributed by atoms with van der Waals surface area (Å²) in [5, 5.41) is 3.03. The molecule has 1 amide bonds. The molecule has 25 heavy (non-hydrogen) atoms. The van der Waals surface area contributed by atoms with Gasteiger partial charge in [0.2, 0.25) is 0 Å². The molecule has 0 aromatic heterocycles. The van der Waals surface area contributed by atoms with E-state index < -0.39 is 0 Å². The molecule has 0 atom stereocenters. The summed E-state index contributed by atoms with van der Waals surface area (Å²) in [6, 6.07) is 18.3. The molecule has 0 saturated carbocycles. The summed E-state index contributed by atoms with van der Waals surface area (Å²) < 4.78 is 0.995. The Bertz CT molecular complexity index is 684. The van der Waals surface area contributed by atoms with Crippen LogP contribution in [0, 0.1) is 3.57 Å². The molecule has 1 saturated heterocycles. The zero-order chi connectivity index (χ0) is 17.5. The number of para-hydroxylation sites is 1. The van der Waals surface area contributed by atoms with E-state index in [1.807, 2.05) is 24.3 Å². The fourth-order valence-corrected chi connectivity index (χ4v) is 3.75. The summed E-state index contributed by atoms with van der Waals surface area (Å²) in [6.07, 6.45) is 0.987. The first-order chi connectivity index (χ1) is 12.2. The maximum absolute atomic E-state index is 12.2. The molecule has 3 rings (SSSR count). The molecule has 1 aliphatic heterocycles. The van der Waals surface area contributed by atoms with Crippen LogP contribution in [0.15, 0.2) is 54.6 Å². The van der Waals surface area contributed by atoms with Gasteiger partial charge in [-0.15, -0.1) is 0 Å². The molecule has 1 fully saturated rings. The maximum atomic E-state index is 12.2. The second kappa shape index (κ2) is 9.20. The quantitative estimate of drug-likeness (QED) is 0.544. The van der Waals surface area contributed by atoms with Crippen LogP contribution in [-0.4, -0.2) is 50.1 Å². The van der Waals surface area contributed by atoms with Crippen LogP contribution in [0.2, 0.25) is 0 Å². The zero-order valence-electron chi connectivity index (χ0n) is 14.3. The zero-order valence-corrected chi connectivity index (χ0v) is 16.5. The van der Waals surface area contributed by atoms with Crippen molar-refractivity contribution in [2.75, 3.05) is 44.2 Å². The number of halogens is 1. The van der Waals surface area contributed by atoms with Crippen molar-refractivity contribution in [1.29, 1.82) is 0 Å². The van der Waals surface area contributed by atoms with Crippen molar-refractivity contribution in [3.05, 3.63) is 63.7 Å². The third kappa shape index (κ3) is 5.19. The van der Waals surface area contributed by atoms with Gasteiger partial charge in [0.25, 0.3) is 5.91 Å².